The van der Waals surface area contributed by atoms with Crippen LogP contribution in [0.4, 0.5) is 11.4 Å². The van der Waals surface area contributed by atoms with E-state index in [2.05, 4.69) is 74.9 Å². The van der Waals surface area contributed by atoms with Crippen molar-refractivity contribution in [3.8, 4) is 17.2 Å². The van der Waals surface area contributed by atoms with Crippen molar-refractivity contribution >= 4 is 57.0 Å². The lowest BCUT2D eigenvalue weighted by Gasteiger charge is -2.33. The van der Waals surface area contributed by atoms with E-state index in [1.54, 1.807) is 18.0 Å². The summed E-state index contributed by atoms with van der Waals surface area (Å²) in [6.07, 6.45) is 1.64. The Balaban J connectivity index is 1.22. The van der Waals surface area contributed by atoms with Crippen LogP contribution in [0.5, 0.6) is 0 Å². The van der Waals surface area contributed by atoms with Crippen molar-refractivity contribution in [3.05, 3.63) is 99.8 Å². The number of nitrogens with zero attached hydrogens (tertiary/aromatic N) is 4. The molecule has 0 unspecified atom stereocenters. The fourth-order valence-electron chi connectivity index (χ4n) is 5.11. The Kier molecular flexibility index (Phi) is 8.56. The first-order chi connectivity index (χ1) is 20.1. The normalized spacial score (nSPS) is 14.3. The van der Waals surface area contributed by atoms with Crippen molar-refractivity contribution < 1.29 is 0 Å². The summed E-state index contributed by atoms with van der Waals surface area (Å²) in [7, 11) is 0. The van der Waals surface area contributed by atoms with Gasteiger partial charge >= 0.3 is 0 Å². The van der Waals surface area contributed by atoms with Crippen molar-refractivity contribution in [2.75, 3.05) is 38.0 Å². The van der Waals surface area contributed by atoms with Gasteiger partial charge < -0.3 is 10.2 Å². The van der Waals surface area contributed by atoms with Crippen LogP contribution in [0.25, 0.3) is 22.0 Å². The summed E-state index contributed by atoms with van der Waals surface area (Å²) in [5.74, 6) is 0. The van der Waals surface area contributed by atoms with Gasteiger partial charge in [0.25, 0.3) is 0 Å². The van der Waals surface area contributed by atoms with Crippen LogP contribution < -0.4 is 5.32 Å². The zero-order valence-electron chi connectivity index (χ0n) is 22.8. The number of fused-ring (bicyclic) bond motifs is 1. The molecule has 1 saturated heterocycles. The SMILES string of the molecule is CCN1CCN(Cc2cc(-c3ccc4c(Nc5ccc(Sc6ccccc6)c(Cl)c5)c(C#N)cnc4c3)cs2)CC1. The third kappa shape index (κ3) is 6.43. The highest BCUT2D eigenvalue weighted by Gasteiger charge is 2.17. The van der Waals surface area contributed by atoms with Gasteiger partial charge in [0.2, 0.25) is 0 Å². The van der Waals surface area contributed by atoms with Crippen LogP contribution in [0, 0.1) is 11.3 Å². The Morgan fingerprint density at radius 2 is 1.78 bits per heavy atom. The van der Waals surface area contributed by atoms with Gasteiger partial charge in [-0.15, -0.1) is 11.3 Å². The number of anilines is 2. The van der Waals surface area contributed by atoms with Gasteiger partial charge in [0.05, 0.1) is 21.8 Å². The van der Waals surface area contributed by atoms with Crippen LogP contribution >= 0.6 is 34.7 Å². The number of nitrogens with one attached hydrogen (secondary N) is 1. The number of piperazine rings is 1. The van der Waals surface area contributed by atoms with E-state index in [1.165, 1.54) is 10.4 Å². The number of hydrogen-bond acceptors (Lipinski definition) is 7. The van der Waals surface area contributed by atoms with E-state index in [-0.39, 0.29) is 0 Å². The molecule has 1 N–H and O–H groups in total. The molecule has 3 heterocycles. The summed E-state index contributed by atoms with van der Waals surface area (Å²) in [5, 5.41) is 17.1. The number of pyridine rings is 1. The lowest BCUT2D eigenvalue weighted by atomic mass is 10.0. The molecule has 0 bridgehead atoms. The van der Waals surface area contributed by atoms with Crippen LogP contribution in [-0.2, 0) is 6.54 Å². The zero-order valence-corrected chi connectivity index (χ0v) is 25.2. The molecule has 1 aliphatic rings. The van der Waals surface area contributed by atoms with E-state index in [0.717, 1.165) is 76.9 Å². The highest BCUT2D eigenvalue weighted by molar-refractivity contribution is 7.99. The van der Waals surface area contributed by atoms with Crippen molar-refractivity contribution in [2.24, 2.45) is 0 Å². The number of nitriles is 1. The average Bonchev–Trinajstić information content (AvgIpc) is 3.48. The van der Waals surface area contributed by atoms with E-state index in [9.17, 15) is 5.26 Å². The highest BCUT2D eigenvalue weighted by atomic mass is 35.5. The molecule has 0 amide bonds. The van der Waals surface area contributed by atoms with Gasteiger partial charge in [-0.1, -0.05) is 60.6 Å². The molecule has 1 aliphatic heterocycles. The largest absolute Gasteiger partial charge is 0.354 e. The molecule has 1 fully saturated rings. The van der Waals surface area contributed by atoms with E-state index < -0.39 is 0 Å². The molecular formula is C33H30ClN5S2. The topological polar surface area (TPSA) is 55.2 Å². The summed E-state index contributed by atoms with van der Waals surface area (Å²) < 4.78 is 0. The number of likely N-dealkylation sites (N-methyl/N-ethyl adjacent to an activating group) is 1. The Bertz CT molecular complexity index is 1700. The van der Waals surface area contributed by atoms with E-state index in [1.807, 2.05) is 47.7 Å². The first-order valence-corrected chi connectivity index (χ1v) is 15.8. The van der Waals surface area contributed by atoms with Crippen LogP contribution in [0.3, 0.4) is 0 Å². The van der Waals surface area contributed by atoms with Gasteiger partial charge in [0.1, 0.15) is 6.07 Å². The molecule has 0 radical (unpaired) electrons. The average molecular weight is 596 g/mol. The maximum absolute atomic E-state index is 9.85. The molecule has 6 rings (SSSR count). The zero-order chi connectivity index (χ0) is 28.2. The minimum absolute atomic E-state index is 0.491. The highest BCUT2D eigenvalue weighted by Crippen LogP contribution is 2.37. The molecule has 0 saturated carbocycles. The number of benzene rings is 3. The minimum atomic E-state index is 0.491. The second-order valence-corrected chi connectivity index (χ2v) is 12.6. The number of hydrogen-bond donors (Lipinski definition) is 1. The number of thiophene rings is 1. The predicted molar refractivity (Wildman–Crippen MR) is 172 cm³/mol. The maximum atomic E-state index is 9.85. The van der Waals surface area contributed by atoms with Gasteiger partial charge in [-0.25, -0.2) is 0 Å². The number of halogens is 1. The van der Waals surface area contributed by atoms with Crippen molar-refractivity contribution in [1.82, 2.24) is 14.8 Å². The predicted octanol–water partition coefficient (Wildman–Crippen LogP) is 8.52. The molecule has 8 heteroatoms. The lowest BCUT2D eigenvalue weighted by Crippen LogP contribution is -2.45. The molecule has 3 aromatic carbocycles. The Labute approximate surface area is 254 Å². The lowest BCUT2D eigenvalue weighted by molar-refractivity contribution is 0.133. The van der Waals surface area contributed by atoms with E-state index in [0.29, 0.717) is 10.6 Å². The van der Waals surface area contributed by atoms with Crippen molar-refractivity contribution in [3.63, 3.8) is 0 Å². The fourth-order valence-corrected chi connectivity index (χ4v) is 7.18. The van der Waals surface area contributed by atoms with E-state index in [4.69, 9.17) is 11.6 Å². The maximum Gasteiger partial charge on any atom is 0.103 e. The summed E-state index contributed by atoms with van der Waals surface area (Å²) in [5.41, 5.74) is 5.23. The first kappa shape index (κ1) is 27.8. The first-order valence-electron chi connectivity index (χ1n) is 13.7. The van der Waals surface area contributed by atoms with Crippen LogP contribution in [0.1, 0.15) is 17.4 Å². The van der Waals surface area contributed by atoms with Crippen LogP contribution in [-0.4, -0.2) is 47.5 Å². The molecule has 5 nitrogen and oxygen atoms in total. The molecule has 0 aliphatic carbocycles. The van der Waals surface area contributed by atoms with Gasteiger partial charge in [0, 0.05) is 64.7 Å². The Hall–Kier alpha value is -3.38. The van der Waals surface area contributed by atoms with Gasteiger partial charge in [-0.3, -0.25) is 9.88 Å². The summed E-state index contributed by atoms with van der Waals surface area (Å²) in [4.78, 5) is 13.2. The van der Waals surface area contributed by atoms with Gasteiger partial charge in [-0.2, -0.15) is 5.26 Å². The van der Waals surface area contributed by atoms with E-state index >= 15 is 0 Å². The third-order valence-electron chi connectivity index (χ3n) is 7.44. The second kappa shape index (κ2) is 12.6. The smallest absolute Gasteiger partial charge is 0.103 e. The molecule has 5 aromatic rings. The summed E-state index contributed by atoms with van der Waals surface area (Å²) >= 11 is 10.1. The Morgan fingerprint density at radius 1 is 0.976 bits per heavy atom. The van der Waals surface area contributed by atoms with Crippen LogP contribution in [0.2, 0.25) is 5.02 Å². The molecule has 206 valence electrons. The minimum Gasteiger partial charge on any atom is -0.354 e. The van der Waals surface area contributed by atoms with Crippen molar-refractivity contribution in [2.45, 2.75) is 23.3 Å². The van der Waals surface area contributed by atoms with Gasteiger partial charge in [-0.05, 0) is 65.5 Å². The number of aromatic nitrogens is 1. The van der Waals surface area contributed by atoms with Crippen molar-refractivity contribution in [1.29, 1.82) is 5.26 Å². The molecule has 0 atom stereocenters. The Morgan fingerprint density at radius 3 is 2.54 bits per heavy atom. The molecule has 0 spiro atoms. The molecule has 41 heavy (non-hydrogen) atoms. The van der Waals surface area contributed by atoms with Crippen LogP contribution in [0.15, 0.2) is 94.2 Å². The number of rotatable bonds is 8. The second-order valence-electron chi connectivity index (χ2n) is 10.1. The summed E-state index contributed by atoms with van der Waals surface area (Å²) in [6.45, 7) is 8.91. The standard InChI is InChI=1S/C33H30ClN5S2/c1-2-38-12-14-39(15-13-38)21-28-16-24(22-40-28)23-8-10-29-31(17-23)36-20-25(19-35)33(29)37-26-9-11-32(30(34)18-26)41-27-6-4-3-5-7-27/h3-11,16-18,20,22H,2,12-15,21H2,1H3,(H,36,37). The summed E-state index contributed by atoms with van der Waals surface area (Å²) in [6, 6.07) is 27.0. The quantitative estimate of drug-likeness (QED) is 0.194. The van der Waals surface area contributed by atoms with Gasteiger partial charge in [0.15, 0.2) is 0 Å². The third-order valence-corrected chi connectivity index (χ3v) is 9.87. The fraction of sp³-hybridized carbons (Fsp3) is 0.212. The molecular weight excluding hydrogens is 566 g/mol. The monoisotopic (exact) mass is 595 g/mol. The molecule has 2 aromatic heterocycles.